The lowest BCUT2D eigenvalue weighted by molar-refractivity contribution is 0.0474. The molecule has 0 unspecified atom stereocenters. The number of nitrogens with one attached hydrogen (secondary N) is 3. The fourth-order valence-electron chi connectivity index (χ4n) is 2.52. The van der Waals surface area contributed by atoms with Gasteiger partial charge in [-0.1, -0.05) is 18.2 Å². The summed E-state index contributed by atoms with van der Waals surface area (Å²) in [7, 11) is 0. The Morgan fingerprint density at radius 2 is 1.83 bits per heavy atom. The van der Waals surface area contributed by atoms with Gasteiger partial charge in [-0.25, -0.2) is 14.8 Å². The first-order valence-electron chi connectivity index (χ1n) is 10.1. The third kappa shape index (κ3) is 8.14. The summed E-state index contributed by atoms with van der Waals surface area (Å²) in [5.41, 5.74) is 0.581. The highest BCUT2D eigenvalue weighted by molar-refractivity contribution is 5.80. The summed E-state index contributed by atoms with van der Waals surface area (Å²) in [5.74, 6) is 1.20. The smallest absolute Gasteiger partial charge is 0.408 e. The molecule has 0 atom stereocenters. The predicted molar refractivity (Wildman–Crippen MR) is 118 cm³/mol. The summed E-state index contributed by atoms with van der Waals surface area (Å²) in [6, 6.07) is 9.73. The Labute approximate surface area is 178 Å². The maximum atomic E-state index is 12.0. The lowest BCUT2D eigenvalue weighted by Crippen LogP contribution is -2.54. The average molecular weight is 416 g/mol. The maximum Gasteiger partial charge on any atom is 0.408 e. The number of aromatic nitrogens is 1. The molecule has 8 heteroatoms. The van der Waals surface area contributed by atoms with Gasteiger partial charge in [0, 0.05) is 18.7 Å². The standard InChI is InChI=1S/C22H33N5O3/c1-7-23-19(25-15-22(5,6)27-20(28)30-21(2,3)4)24-13-17-14-29-18(26-17)16-11-9-8-10-12-16/h8-12,14H,7,13,15H2,1-6H3,(H,27,28)(H2,23,24,25). The van der Waals surface area contributed by atoms with Crippen molar-refractivity contribution < 1.29 is 13.9 Å². The summed E-state index contributed by atoms with van der Waals surface area (Å²) >= 11 is 0. The van der Waals surface area contributed by atoms with E-state index in [-0.39, 0.29) is 0 Å². The normalized spacial score (nSPS) is 12.4. The molecule has 1 aromatic carbocycles. The van der Waals surface area contributed by atoms with Crippen LogP contribution in [0.3, 0.4) is 0 Å². The van der Waals surface area contributed by atoms with Crippen molar-refractivity contribution in [2.24, 2.45) is 4.99 Å². The molecule has 1 heterocycles. The number of benzene rings is 1. The van der Waals surface area contributed by atoms with Crippen LogP contribution in [-0.2, 0) is 11.3 Å². The van der Waals surface area contributed by atoms with Gasteiger partial charge >= 0.3 is 6.09 Å². The summed E-state index contributed by atoms with van der Waals surface area (Å²) in [5, 5.41) is 9.31. The van der Waals surface area contributed by atoms with Crippen molar-refractivity contribution in [2.75, 3.05) is 13.1 Å². The van der Waals surface area contributed by atoms with Crippen molar-refractivity contribution in [3.63, 3.8) is 0 Å². The summed E-state index contributed by atoms with van der Waals surface area (Å²) in [6.45, 7) is 12.9. The number of nitrogens with zero attached hydrogens (tertiary/aromatic N) is 2. The van der Waals surface area contributed by atoms with E-state index in [1.165, 1.54) is 0 Å². The molecule has 2 rings (SSSR count). The van der Waals surface area contributed by atoms with Crippen molar-refractivity contribution in [3.8, 4) is 11.5 Å². The van der Waals surface area contributed by atoms with E-state index in [9.17, 15) is 4.79 Å². The van der Waals surface area contributed by atoms with Crippen LogP contribution in [0.1, 0.15) is 47.2 Å². The minimum atomic E-state index is -0.541. The first-order valence-corrected chi connectivity index (χ1v) is 10.1. The Bertz CT molecular complexity index is 838. The number of carbonyl (C=O) groups is 1. The van der Waals surface area contributed by atoms with Crippen molar-refractivity contribution in [3.05, 3.63) is 42.3 Å². The van der Waals surface area contributed by atoms with E-state index in [1.54, 1.807) is 6.26 Å². The number of ether oxygens (including phenoxy) is 1. The molecule has 0 radical (unpaired) electrons. The highest BCUT2D eigenvalue weighted by atomic mass is 16.6. The Morgan fingerprint density at radius 3 is 2.47 bits per heavy atom. The van der Waals surface area contributed by atoms with E-state index < -0.39 is 17.2 Å². The molecule has 0 saturated heterocycles. The van der Waals surface area contributed by atoms with Crippen LogP contribution in [0, 0.1) is 0 Å². The van der Waals surface area contributed by atoms with Crippen molar-refractivity contribution in [2.45, 2.75) is 59.2 Å². The highest BCUT2D eigenvalue weighted by Gasteiger charge is 2.24. The van der Waals surface area contributed by atoms with Crippen LogP contribution in [-0.4, -0.2) is 41.3 Å². The largest absolute Gasteiger partial charge is 0.444 e. The number of carbonyl (C=O) groups excluding carboxylic acids is 1. The molecule has 0 bridgehead atoms. The number of hydrogen-bond acceptors (Lipinski definition) is 5. The Balaban J connectivity index is 1.94. The van der Waals surface area contributed by atoms with Crippen LogP contribution in [0.15, 0.2) is 46.0 Å². The molecule has 0 aliphatic heterocycles. The molecule has 30 heavy (non-hydrogen) atoms. The summed E-state index contributed by atoms with van der Waals surface area (Å²) in [6.07, 6.45) is 1.16. The molecule has 0 aliphatic carbocycles. The number of rotatable bonds is 7. The van der Waals surface area contributed by atoms with Crippen LogP contribution < -0.4 is 16.0 Å². The molecule has 0 fully saturated rings. The molecule has 1 amide bonds. The molecular formula is C22H33N5O3. The molecule has 2 aromatic rings. The van der Waals surface area contributed by atoms with Gasteiger partial charge in [-0.05, 0) is 53.7 Å². The van der Waals surface area contributed by atoms with Gasteiger partial charge in [0.05, 0.1) is 12.1 Å². The minimum absolute atomic E-state index is 0.367. The quantitative estimate of drug-likeness (QED) is 0.471. The lowest BCUT2D eigenvalue weighted by Gasteiger charge is -2.29. The Hall–Kier alpha value is -3.03. The van der Waals surface area contributed by atoms with Crippen LogP contribution in [0.2, 0.25) is 0 Å². The van der Waals surface area contributed by atoms with E-state index in [0.29, 0.717) is 31.5 Å². The van der Waals surface area contributed by atoms with Crippen molar-refractivity contribution in [1.82, 2.24) is 20.9 Å². The molecule has 1 aromatic heterocycles. The van der Waals surface area contributed by atoms with Gasteiger partial charge in [0.2, 0.25) is 5.89 Å². The van der Waals surface area contributed by atoms with E-state index in [2.05, 4.69) is 25.9 Å². The molecule has 0 saturated carbocycles. The number of oxazole rings is 1. The number of guanidine groups is 1. The molecule has 0 aliphatic rings. The van der Waals surface area contributed by atoms with Crippen LogP contribution >= 0.6 is 0 Å². The molecule has 8 nitrogen and oxygen atoms in total. The number of alkyl carbamates (subject to hydrolysis) is 1. The molecular weight excluding hydrogens is 382 g/mol. The van der Waals surface area contributed by atoms with Gasteiger partial charge in [-0.15, -0.1) is 0 Å². The van der Waals surface area contributed by atoms with Crippen LogP contribution in [0.25, 0.3) is 11.5 Å². The van der Waals surface area contributed by atoms with Crippen molar-refractivity contribution >= 4 is 12.1 Å². The van der Waals surface area contributed by atoms with Gasteiger partial charge in [-0.3, -0.25) is 0 Å². The minimum Gasteiger partial charge on any atom is -0.444 e. The zero-order chi connectivity index (χ0) is 22.2. The molecule has 164 valence electrons. The summed E-state index contributed by atoms with van der Waals surface area (Å²) in [4.78, 5) is 21.1. The third-order valence-corrected chi connectivity index (χ3v) is 3.85. The number of amides is 1. The second kappa shape index (κ2) is 10.1. The molecule has 3 N–H and O–H groups in total. The van der Waals surface area contributed by atoms with Gasteiger partial charge in [0.1, 0.15) is 17.6 Å². The predicted octanol–water partition coefficient (Wildman–Crippen LogP) is 3.70. The second-order valence-corrected chi connectivity index (χ2v) is 8.57. The number of hydrogen-bond donors (Lipinski definition) is 3. The lowest BCUT2D eigenvalue weighted by atomic mass is 10.1. The van der Waals surface area contributed by atoms with E-state index in [1.807, 2.05) is 71.9 Å². The van der Waals surface area contributed by atoms with Gasteiger partial charge in [0.25, 0.3) is 0 Å². The first kappa shape index (κ1) is 23.3. The van der Waals surface area contributed by atoms with Gasteiger partial charge in [0.15, 0.2) is 5.96 Å². The zero-order valence-corrected chi connectivity index (χ0v) is 18.7. The fourth-order valence-corrected chi connectivity index (χ4v) is 2.52. The third-order valence-electron chi connectivity index (χ3n) is 3.85. The average Bonchev–Trinajstić information content (AvgIpc) is 3.12. The van der Waals surface area contributed by atoms with Gasteiger partial charge < -0.3 is 25.1 Å². The molecule has 0 spiro atoms. The number of aliphatic imine (C=N–C) groups is 1. The SMILES string of the molecule is CCNC(=NCc1coc(-c2ccccc2)n1)NCC(C)(C)NC(=O)OC(C)(C)C. The maximum absolute atomic E-state index is 12.0. The fraction of sp³-hybridized carbons (Fsp3) is 0.500. The highest BCUT2D eigenvalue weighted by Crippen LogP contribution is 2.18. The Kier molecular flexibility index (Phi) is 7.86. The second-order valence-electron chi connectivity index (χ2n) is 8.57. The van der Waals surface area contributed by atoms with Crippen LogP contribution in [0.5, 0.6) is 0 Å². The monoisotopic (exact) mass is 415 g/mol. The first-order chi connectivity index (χ1) is 14.1. The van der Waals surface area contributed by atoms with E-state index >= 15 is 0 Å². The summed E-state index contributed by atoms with van der Waals surface area (Å²) < 4.78 is 10.9. The zero-order valence-electron chi connectivity index (χ0n) is 18.7. The van der Waals surface area contributed by atoms with Crippen molar-refractivity contribution in [1.29, 1.82) is 0 Å². The van der Waals surface area contributed by atoms with E-state index in [4.69, 9.17) is 9.15 Å². The topological polar surface area (TPSA) is 101 Å². The van der Waals surface area contributed by atoms with Crippen LogP contribution in [0.4, 0.5) is 4.79 Å². The van der Waals surface area contributed by atoms with Gasteiger partial charge in [-0.2, -0.15) is 0 Å². The Morgan fingerprint density at radius 1 is 1.13 bits per heavy atom. The van der Waals surface area contributed by atoms with E-state index in [0.717, 1.165) is 11.3 Å².